The summed E-state index contributed by atoms with van der Waals surface area (Å²) in [6.45, 7) is 0.874. The van der Waals surface area contributed by atoms with Crippen LogP contribution in [0.4, 0.5) is 0 Å². The second-order valence-electron chi connectivity index (χ2n) is 3.91. The van der Waals surface area contributed by atoms with Crippen LogP contribution in [0.25, 0.3) is 0 Å². The van der Waals surface area contributed by atoms with Gasteiger partial charge >= 0.3 is 5.97 Å². The average Bonchev–Trinajstić information content (AvgIpc) is 2.39. The van der Waals surface area contributed by atoms with Gasteiger partial charge in [-0.15, -0.1) is 11.8 Å². The zero-order valence-corrected chi connectivity index (χ0v) is 10.5. The molecule has 5 heteroatoms. The maximum absolute atomic E-state index is 12.1. The lowest BCUT2D eigenvalue weighted by atomic mass is 10.1. The normalized spacial score (nSPS) is 14.6. The van der Waals surface area contributed by atoms with Gasteiger partial charge in [-0.25, -0.2) is 0 Å². The van der Waals surface area contributed by atoms with Gasteiger partial charge in [0.1, 0.15) is 0 Å². The van der Waals surface area contributed by atoms with Crippen LogP contribution in [0.5, 0.6) is 0 Å². The third kappa shape index (κ3) is 3.13. The van der Waals surface area contributed by atoms with Gasteiger partial charge in [-0.05, 0) is 5.56 Å². The van der Waals surface area contributed by atoms with Crippen molar-refractivity contribution in [3.8, 4) is 0 Å². The zero-order chi connectivity index (χ0) is 13.0. The van der Waals surface area contributed by atoms with E-state index in [0.717, 1.165) is 12.3 Å². The van der Waals surface area contributed by atoms with E-state index in [9.17, 15) is 9.59 Å². The molecule has 2 rings (SSSR count). The van der Waals surface area contributed by atoms with E-state index in [-0.39, 0.29) is 12.2 Å². The van der Waals surface area contributed by atoms with Crippen LogP contribution in [-0.2, 0) is 11.2 Å². The Bertz CT molecular complexity index is 493. The summed E-state index contributed by atoms with van der Waals surface area (Å²) in [5.74, 6) is -0.00723. The van der Waals surface area contributed by atoms with E-state index < -0.39 is 5.97 Å². The lowest BCUT2D eigenvalue weighted by molar-refractivity contribution is -0.136. The van der Waals surface area contributed by atoms with Crippen LogP contribution >= 0.6 is 11.8 Å². The fourth-order valence-corrected chi connectivity index (χ4v) is 2.50. The molecular weight excluding hydrogens is 250 g/mol. The van der Waals surface area contributed by atoms with E-state index in [1.807, 2.05) is 0 Å². The zero-order valence-electron chi connectivity index (χ0n) is 9.68. The Morgan fingerprint density at radius 3 is 2.56 bits per heavy atom. The quantitative estimate of drug-likeness (QED) is 0.809. The van der Waals surface area contributed by atoms with Gasteiger partial charge in [0, 0.05) is 24.1 Å². The van der Waals surface area contributed by atoms with Gasteiger partial charge in [-0.3, -0.25) is 9.59 Å². The smallest absolute Gasteiger partial charge is 0.307 e. The van der Waals surface area contributed by atoms with Gasteiger partial charge in [0.05, 0.1) is 11.3 Å². The molecule has 4 nitrogen and oxygen atoms in total. The Morgan fingerprint density at radius 2 is 2.00 bits per heavy atom. The number of hydrogen-bond donors (Lipinski definition) is 2. The van der Waals surface area contributed by atoms with Gasteiger partial charge in [0.25, 0.3) is 0 Å². The third-order valence-electron chi connectivity index (χ3n) is 2.53. The summed E-state index contributed by atoms with van der Waals surface area (Å²) in [4.78, 5) is 23.3. The van der Waals surface area contributed by atoms with Crippen molar-refractivity contribution in [2.45, 2.75) is 6.42 Å². The van der Waals surface area contributed by atoms with E-state index in [4.69, 9.17) is 5.11 Å². The highest BCUT2D eigenvalue weighted by molar-refractivity contribution is 8.04. The topological polar surface area (TPSA) is 66.4 Å². The molecule has 1 aliphatic heterocycles. The van der Waals surface area contributed by atoms with E-state index in [0.29, 0.717) is 16.0 Å². The lowest BCUT2D eigenvalue weighted by Gasteiger charge is -2.12. The molecule has 1 aliphatic rings. The highest BCUT2D eigenvalue weighted by Crippen LogP contribution is 2.22. The molecule has 0 radical (unpaired) electrons. The minimum Gasteiger partial charge on any atom is -0.481 e. The highest BCUT2D eigenvalue weighted by Gasteiger charge is 2.15. The van der Waals surface area contributed by atoms with Crippen LogP contribution < -0.4 is 5.32 Å². The van der Waals surface area contributed by atoms with Crippen molar-refractivity contribution in [3.63, 3.8) is 0 Å². The Morgan fingerprint density at radius 1 is 1.28 bits per heavy atom. The molecule has 1 aromatic rings. The number of hydrogen-bond acceptors (Lipinski definition) is 4. The molecule has 0 fully saturated rings. The number of thioether (sulfide) groups is 1. The molecule has 0 saturated carbocycles. The molecule has 1 heterocycles. The summed E-state index contributed by atoms with van der Waals surface area (Å²) in [6, 6.07) is 6.72. The number of ketones is 1. The summed E-state index contributed by atoms with van der Waals surface area (Å²) in [7, 11) is 0. The number of allylic oxidation sites excluding steroid dienone is 1. The van der Waals surface area contributed by atoms with Crippen molar-refractivity contribution in [2.24, 2.45) is 0 Å². The monoisotopic (exact) mass is 263 g/mol. The van der Waals surface area contributed by atoms with Gasteiger partial charge in [0.15, 0.2) is 0 Å². The molecule has 1 aromatic carbocycles. The van der Waals surface area contributed by atoms with Gasteiger partial charge in [-0.1, -0.05) is 24.3 Å². The Labute approximate surface area is 109 Å². The fraction of sp³-hybridized carbons (Fsp3) is 0.231. The van der Waals surface area contributed by atoms with Crippen molar-refractivity contribution in [2.75, 3.05) is 12.3 Å². The molecule has 18 heavy (non-hydrogen) atoms. The molecule has 0 bridgehead atoms. The molecule has 0 saturated heterocycles. The molecule has 2 N–H and O–H groups in total. The first kappa shape index (κ1) is 12.7. The summed E-state index contributed by atoms with van der Waals surface area (Å²) in [5, 5.41) is 11.7. The number of Topliss-reactive ketones (excluding diaryl/α,β-unsaturated/α-hetero) is 1. The summed E-state index contributed by atoms with van der Waals surface area (Å²) in [5.41, 5.74) is 1.29. The summed E-state index contributed by atoms with van der Waals surface area (Å²) >= 11 is 1.54. The van der Waals surface area contributed by atoms with E-state index in [2.05, 4.69) is 5.32 Å². The molecule has 0 amide bonds. The molecular formula is C13H13NO3S. The summed E-state index contributed by atoms with van der Waals surface area (Å²) in [6.07, 6.45) is 1.72. The van der Waals surface area contributed by atoms with Crippen LogP contribution in [-0.4, -0.2) is 29.2 Å². The van der Waals surface area contributed by atoms with E-state index in [1.54, 1.807) is 30.5 Å². The Kier molecular flexibility index (Phi) is 4.04. The highest BCUT2D eigenvalue weighted by atomic mass is 32.2. The molecule has 0 aromatic heterocycles. The number of carboxylic acid groups (broad SMARTS) is 1. The first-order valence-corrected chi connectivity index (χ1v) is 6.57. The number of carbonyl (C=O) groups excluding carboxylic acids is 1. The number of benzene rings is 1. The van der Waals surface area contributed by atoms with E-state index >= 15 is 0 Å². The van der Waals surface area contributed by atoms with Crippen molar-refractivity contribution in [3.05, 3.63) is 46.5 Å². The van der Waals surface area contributed by atoms with Crippen LogP contribution in [0.2, 0.25) is 0 Å². The standard InChI is InChI=1S/C13H13NO3S/c15-12(16)7-9-1-3-10(4-2-9)13(17)11-8-14-5-6-18-11/h1-4,8,14H,5-7H2,(H,15,16). The number of carbonyl (C=O) groups is 2. The number of rotatable bonds is 4. The van der Waals surface area contributed by atoms with Crippen molar-refractivity contribution < 1.29 is 14.7 Å². The molecule has 94 valence electrons. The molecule has 0 aliphatic carbocycles. The number of aliphatic carboxylic acids is 1. The SMILES string of the molecule is O=C(O)Cc1ccc(C(=O)C2=CNCCS2)cc1. The minimum atomic E-state index is -0.871. The van der Waals surface area contributed by atoms with Crippen molar-refractivity contribution in [1.29, 1.82) is 0 Å². The van der Waals surface area contributed by atoms with Gasteiger partial charge < -0.3 is 10.4 Å². The van der Waals surface area contributed by atoms with Gasteiger partial charge in [-0.2, -0.15) is 0 Å². The predicted octanol–water partition coefficient (Wildman–Crippen LogP) is 1.67. The van der Waals surface area contributed by atoms with Crippen LogP contribution in [0.15, 0.2) is 35.4 Å². The largest absolute Gasteiger partial charge is 0.481 e. The predicted molar refractivity (Wildman–Crippen MR) is 70.7 cm³/mol. The van der Waals surface area contributed by atoms with Crippen molar-refractivity contribution >= 4 is 23.5 Å². The number of carboxylic acids is 1. The third-order valence-corrected chi connectivity index (χ3v) is 3.55. The average molecular weight is 263 g/mol. The molecule has 0 unspecified atom stereocenters. The maximum atomic E-state index is 12.1. The van der Waals surface area contributed by atoms with E-state index in [1.165, 1.54) is 11.8 Å². The fourth-order valence-electron chi connectivity index (χ4n) is 1.65. The second kappa shape index (κ2) is 5.73. The van der Waals surface area contributed by atoms with Crippen molar-refractivity contribution in [1.82, 2.24) is 5.32 Å². The van der Waals surface area contributed by atoms with Crippen LogP contribution in [0.3, 0.4) is 0 Å². The maximum Gasteiger partial charge on any atom is 0.307 e. The summed E-state index contributed by atoms with van der Waals surface area (Å²) < 4.78 is 0. The Balaban J connectivity index is 2.11. The van der Waals surface area contributed by atoms with Crippen LogP contribution in [0, 0.1) is 0 Å². The molecule has 0 spiro atoms. The second-order valence-corrected chi connectivity index (χ2v) is 5.04. The number of nitrogens with one attached hydrogen (secondary N) is 1. The minimum absolute atomic E-state index is 0.0194. The first-order valence-electron chi connectivity index (χ1n) is 5.58. The molecule has 0 atom stereocenters. The lowest BCUT2D eigenvalue weighted by Crippen LogP contribution is -2.18. The Hall–Kier alpha value is -1.75. The first-order chi connectivity index (χ1) is 8.66. The van der Waals surface area contributed by atoms with Crippen LogP contribution in [0.1, 0.15) is 15.9 Å². The van der Waals surface area contributed by atoms with Gasteiger partial charge in [0.2, 0.25) is 5.78 Å².